The molecule has 2 rings (SSSR count). The first kappa shape index (κ1) is 12.8. The predicted molar refractivity (Wildman–Crippen MR) is 73.1 cm³/mol. The van der Waals surface area contributed by atoms with Gasteiger partial charge in [-0.25, -0.2) is 10.8 Å². The molecule has 0 atom stereocenters. The standard InChI is InChI=1S/C13H14N6/c1-9-7-17-13(19-15)18-12(9)16-8-11-4-2-3-10(5-11)6-14/h2-5,7H,8,15H2,1H3,(H2,16,17,18,19). The van der Waals surface area contributed by atoms with Crippen molar-refractivity contribution in [1.82, 2.24) is 9.97 Å². The number of anilines is 2. The van der Waals surface area contributed by atoms with Gasteiger partial charge in [0.25, 0.3) is 0 Å². The zero-order chi connectivity index (χ0) is 13.7. The van der Waals surface area contributed by atoms with Crippen molar-refractivity contribution >= 4 is 11.8 Å². The number of aromatic nitrogens is 2. The predicted octanol–water partition coefficient (Wildman–Crippen LogP) is 1.55. The van der Waals surface area contributed by atoms with Crippen molar-refractivity contribution in [3.05, 3.63) is 47.2 Å². The number of nitriles is 1. The molecule has 1 heterocycles. The SMILES string of the molecule is Cc1cnc(NN)nc1NCc1cccc(C#N)c1. The molecule has 0 saturated carbocycles. The van der Waals surface area contributed by atoms with Gasteiger partial charge in [-0.2, -0.15) is 10.2 Å². The number of hydrogen-bond donors (Lipinski definition) is 3. The van der Waals surface area contributed by atoms with E-state index in [9.17, 15) is 0 Å². The topological polar surface area (TPSA) is 99.7 Å². The number of aryl methyl sites for hydroxylation is 1. The van der Waals surface area contributed by atoms with E-state index in [1.54, 1.807) is 12.3 Å². The first-order chi connectivity index (χ1) is 9.22. The molecule has 6 nitrogen and oxygen atoms in total. The molecule has 0 spiro atoms. The lowest BCUT2D eigenvalue weighted by molar-refractivity contribution is 1.05. The summed E-state index contributed by atoms with van der Waals surface area (Å²) in [7, 11) is 0. The van der Waals surface area contributed by atoms with Crippen LogP contribution in [0.1, 0.15) is 16.7 Å². The van der Waals surface area contributed by atoms with E-state index in [-0.39, 0.29) is 0 Å². The maximum absolute atomic E-state index is 8.85. The molecule has 4 N–H and O–H groups in total. The van der Waals surface area contributed by atoms with Gasteiger partial charge < -0.3 is 5.32 Å². The minimum atomic E-state index is 0.360. The molecule has 19 heavy (non-hydrogen) atoms. The van der Waals surface area contributed by atoms with Crippen LogP contribution in [0.2, 0.25) is 0 Å². The van der Waals surface area contributed by atoms with Gasteiger partial charge in [0.1, 0.15) is 5.82 Å². The first-order valence-electron chi connectivity index (χ1n) is 5.76. The summed E-state index contributed by atoms with van der Waals surface area (Å²) in [5.74, 6) is 6.35. The van der Waals surface area contributed by atoms with E-state index in [1.165, 1.54) is 0 Å². The van der Waals surface area contributed by atoms with Gasteiger partial charge >= 0.3 is 0 Å². The van der Waals surface area contributed by atoms with Crippen molar-refractivity contribution in [3.8, 4) is 6.07 Å². The van der Waals surface area contributed by atoms with Crippen molar-refractivity contribution < 1.29 is 0 Å². The molecule has 1 aromatic carbocycles. The monoisotopic (exact) mass is 254 g/mol. The zero-order valence-corrected chi connectivity index (χ0v) is 10.5. The van der Waals surface area contributed by atoms with E-state index < -0.39 is 0 Å². The maximum Gasteiger partial charge on any atom is 0.239 e. The summed E-state index contributed by atoms with van der Waals surface area (Å²) >= 11 is 0. The summed E-state index contributed by atoms with van der Waals surface area (Å²) in [4.78, 5) is 8.23. The highest BCUT2D eigenvalue weighted by Crippen LogP contribution is 2.13. The average Bonchev–Trinajstić information content (AvgIpc) is 2.46. The number of nitrogens with zero attached hydrogens (tertiary/aromatic N) is 3. The fourth-order valence-corrected chi connectivity index (χ4v) is 1.63. The van der Waals surface area contributed by atoms with Crippen LogP contribution in [0, 0.1) is 18.3 Å². The molecule has 0 radical (unpaired) electrons. The number of nitrogens with one attached hydrogen (secondary N) is 2. The Morgan fingerprint density at radius 1 is 1.42 bits per heavy atom. The molecule has 0 aliphatic heterocycles. The minimum Gasteiger partial charge on any atom is -0.366 e. The van der Waals surface area contributed by atoms with Crippen molar-refractivity contribution in [1.29, 1.82) is 5.26 Å². The van der Waals surface area contributed by atoms with Crippen LogP contribution in [0.3, 0.4) is 0 Å². The Morgan fingerprint density at radius 3 is 3.00 bits per heavy atom. The van der Waals surface area contributed by atoms with E-state index in [4.69, 9.17) is 11.1 Å². The van der Waals surface area contributed by atoms with Crippen molar-refractivity contribution in [2.75, 3.05) is 10.7 Å². The Bertz CT molecular complexity index is 617. The summed E-state index contributed by atoms with van der Waals surface area (Å²) in [6.45, 7) is 2.49. The number of nitrogen functional groups attached to an aromatic ring is 1. The minimum absolute atomic E-state index is 0.360. The van der Waals surface area contributed by atoms with Crippen LogP contribution in [0.5, 0.6) is 0 Å². The van der Waals surface area contributed by atoms with Crippen LogP contribution in [-0.4, -0.2) is 9.97 Å². The fourth-order valence-electron chi connectivity index (χ4n) is 1.63. The van der Waals surface area contributed by atoms with Gasteiger partial charge in [-0.15, -0.1) is 0 Å². The molecule has 96 valence electrons. The third-order valence-corrected chi connectivity index (χ3v) is 2.62. The van der Waals surface area contributed by atoms with Crippen LogP contribution < -0.4 is 16.6 Å². The van der Waals surface area contributed by atoms with Gasteiger partial charge in [0.05, 0.1) is 11.6 Å². The van der Waals surface area contributed by atoms with E-state index in [0.717, 1.165) is 11.1 Å². The number of benzene rings is 1. The van der Waals surface area contributed by atoms with Gasteiger partial charge in [0.15, 0.2) is 0 Å². The molecule has 0 amide bonds. The van der Waals surface area contributed by atoms with Gasteiger partial charge in [-0.3, -0.25) is 5.43 Å². The largest absolute Gasteiger partial charge is 0.366 e. The summed E-state index contributed by atoms with van der Waals surface area (Å²) in [5, 5.41) is 12.0. The lowest BCUT2D eigenvalue weighted by Crippen LogP contribution is -2.12. The van der Waals surface area contributed by atoms with E-state index in [1.807, 2.05) is 25.1 Å². The number of hydrazine groups is 1. The Labute approximate surface area is 111 Å². The lowest BCUT2D eigenvalue weighted by Gasteiger charge is -2.09. The second-order valence-corrected chi connectivity index (χ2v) is 4.04. The fraction of sp³-hybridized carbons (Fsp3) is 0.154. The summed E-state index contributed by atoms with van der Waals surface area (Å²) < 4.78 is 0. The van der Waals surface area contributed by atoms with E-state index in [0.29, 0.717) is 23.9 Å². The molecule has 0 fully saturated rings. The third-order valence-electron chi connectivity index (χ3n) is 2.62. The molecular formula is C13H14N6. The van der Waals surface area contributed by atoms with Gasteiger partial charge in [0.2, 0.25) is 5.95 Å². The maximum atomic E-state index is 8.85. The van der Waals surface area contributed by atoms with Crippen molar-refractivity contribution in [2.24, 2.45) is 5.84 Å². The summed E-state index contributed by atoms with van der Waals surface area (Å²) in [5.41, 5.74) is 4.99. The van der Waals surface area contributed by atoms with Gasteiger partial charge in [-0.1, -0.05) is 12.1 Å². The molecule has 0 aliphatic rings. The molecule has 0 unspecified atom stereocenters. The second-order valence-electron chi connectivity index (χ2n) is 4.04. The van der Waals surface area contributed by atoms with E-state index in [2.05, 4.69) is 26.8 Å². The Hall–Kier alpha value is -2.65. The smallest absolute Gasteiger partial charge is 0.239 e. The second kappa shape index (κ2) is 5.80. The molecule has 0 saturated heterocycles. The van der Waals surface area contributed by atoms with Crippen LogP contribution >= 0.6 is 0 Å². The van der Waals surface area contributed by atoms with Crippen molar-refractivity contribution in [3.63, 3.8) is 0 Å². The molecule has 6 heteroatoms. The van der Waals surface area contributed by atoms with Crippen LogP contribution in [0.4, 0.5) is 11.8 Å². The van der Waals surface area contributed by atoms with Crippen LogP contribution in [0.15, 0.2) is 30.5 Å². The highest BCUT2D eigenvalue weighted by atomic mass is 15.3. The Morgan fingerprint density at radius 2 is 2.26 bits per heavy atom. The van der Waals surface area contributed by atoms with Gasteiger partial charge in [-0.05, 0) is 24.6 Å². The van der Waals surface area contributed by atoms with E-state index >= 15 is 0 Å². The average molecular weight is 254 g/mol. The highest BCUT2D eigenvalue weighted by Gasteiger charge is 2.03. The molecular weight excluding hydrogens is 240 g/mol. The number of rotatable bonds is 4. The van der Waals surface area contributed by atoms with Gasteiger partial charge in [0, 0.05) is 18.3 Å². The zero-order valence-electron chi connectivity index (χ0n) is 10.5. The third kappa shape index (κ3) is 3.18. The number of nitrogens with two attached hydrogens (primary N) is 1. The Kier molecular flexibility index (Phi) is 3.90. The lowest BCUT2D eigenvalue weighted by atomic mass is 10.1. The number of hydrogen-bond acceptors (Lipinski definition) is 6. The summed E-state index contributed by atoms with van der Waals surface area (Å²) in [6.07, 6.45) is 1.69. The first-order valence-corrected chi connectivity index (χ1v) is 5.76. The highest BCUT2D eigenvalue weighted by molar-refractivity contribution is 5.46. The molecule has 0 aliphatic carbocycles. The molecule has 0 bridgehead atoms. The van der Waals surface area contributed by atoms with Crippen molar-refractivity contribution in [2.45, 2.75) is 13.5 Å². The molecule has 1 aromatic heterocycles. The van der Waals surface area contributed by atoms with Crippen LogP contribution in [-0.2, 0) is 6.54 Å². The van der Waals surface area contributed by atoms with Crippen LogP contribution in [0.25, 0.3) is 0 Å². The summed E-state index contributed by atoms with van der Waals surface area (Å²) in [6, 6.07) is 9.54. The Balaban J connectivity index is 2.12. The normalized spacial score (nSPS) is 9.74. The molecule has 2 aromatic rings. The quantitative estimate of drug-likeness (QED) is 0.565.